The Bertz CT molecular complexity index is 361. The highest BCUT2D eigenvalue weighted by Gasteiger charge is 2.05. The second-order valence-corrected chi connectivity index (χ2v) is 3.56. The summed E-state index contributed by atoms with van der Waals surface area (Å²) in [6.07, 6.45) is -0.427. The van der Waals surface area contributed by atoms with Crippen molar-refractivity contribution in [2.24, 2.45) is 0 Å². The Morgan fingerprint density at radius 2 is 2.20 bits per heavy atom. The smallest absolute Gasteiger partial charge is 0.335 e. The summed E-state index contributed by atoms with van der Waals surface area (Å²) < 4.78 is 0. The second-order valence-electron chi connectivity index (χ2n) is 3.56. The number of nitrogens with one attached hydrogen (secondary N) is 1. The summed E-state index contributed by atoms with van der Waals surface area (Å²) in [5.74, 6) is -0.930. The maximum atomic E-state index is 10.7. The molecule has 0 aromatic heterocycles. The van der Waals surface area contributed by atoms with Gasteiger partial charge in [0.2, 0.25) is 0 Å². The first-order chi connectivity index (χ1) is 7.00. The van der Waals surface area contributed by atoms with Gasteiger partial charge in [-0.3, -0.25) is 0 Å². The maximum Gasteiger partial charge on any atom is 0.335 e. The maximum absolute atomic E-state index is 10.7. The number of aromatic carboxylic acids is 1. The lowest BCUT2D eigenvalue weighted by Gasteiger charge is -2.11. The molecule has 0 aliphatic rings. The molecule has 0 bridgehead atoms. The fourth-order valence-electron chi connectivity index (χ4n) is 1.25. The van der Waals surface area contributed by atoms with Crippen molar-refractivity contribution in [1.29, 1.82) is 0 Å². The van der Waals surface area contributed by atoms with E-state index in [0.717, 1.165) is 11.3 Å². The zero-order valence-electron chi connectivity index (χ0n) is 8.82. The highest BCUT2D eigenvalue weighted by atomic mass is 16.4. The molecule has 0 aliphatic heterocycles. The Hall–Kier alpha value is -1.55. The lowest BCUT2D eigenvalue weighted by molar-refractivity contribution is 0.0697. The average molecular weight is 209 g/mol. The van der Waals surface area contributed by atoms with Gasteiger partial charge in [-0.25, -0.2) is 4.79 Å². The Kier molecular flexibility index (Phi) is 3.68. The molecule has 0 heterocycles. The average Bonchev–Trinajstić information content (AvgIpc) is 2.15. The minimum absolute atomic E-state index is 0.273. The van der Waals surface area contributed by atoms with Gasteiger partial charge in [-0.15, -0.1) is 0 Å². The van der Waals surface area contributed by atoms with Crippen LogP contribution in [0.1, 0.15) is 22.8 Å². The molecule has 0 aliphatic carbocycles. The fraction of sp³-hybridized carbons (Fsp3) is 0.364. The third-order valence-electron chi connectivity index (χ3n) is 2.06. The number of aliphatic hydroxyl groups excluding tert-OH is 1. The molecule has 0 saturated heterocycles. The van der Waals surface area contributed by atoms with Crippen molar-refractivity contribution in [2.45, 2.75) is 20.0 Å². The van der Waals surface area contributed by atoms with Crippen LogP contribution in [0.4, 0.5) is 5.69 Å². The summed E-state index contributed by atoms with van der Waals surface area (Å²) >= 11 is 0. The minimum Gasteiger partial charge on any atom is -0.478 e. The number of rotatable bonds is 4. The van der Waals surface area contributed by atoms with E-state index in [1.807, 2.05) is 6.92 Å². The van der Waals surface area contributed by atoms with Crippen LogP contribution in [-0.4, -0.2) is 28.8 Å². The van der Waals surface area contributed by atoms with E-state index in [1.165, 1.54) is 0 Å². The molecular weight excluding hydrogens is 194 g/mol. The first-order valence-corrected chi connectivity index (χ1v) is 4.76. The molecular formula is C11H15NO3. The molecule has 4 heteroatoms. The summed E-state index contributed by atoms with van der Waals surface area (Å²) in [5, 5.41) is 20.9. The van der Waals surface area contributed by atoms with Gasteiger partial charge in [-0.1, -0.05) is 0 Å². The first kappa shape index (κ1) is 11.5. The lowest BCUT2D eigenvalue weighted by Crippen LogP contribution is -2.16. The van der Waals surface area contributed by atoms with Crippen molar-refractivity contribution in [1.82, 2.24) is 0 Å². The van der Waals surface area contributed by atoms with Gasteiger partial charge >= 0.3 is 5.97 Å². The quantitative estimate of drug-likeness (QED) is 0.702. The largest absolute Gasteiger partial charge is 0.478 e. The molecule has 0 spiro atoms. The molecule has 0 fully saturated rings. The number of anilines is 1. The Morgan fingerprint density at radius 1 is 1.53 bits per heavy atom. The zero-order valence-corrected chi connectivity index (χ0v) is 8.82. The topological polar surface area (TPSA) is 69.6 Å². The van der Waals surface area contributed by atoms with Crippen molar-refractivity contribution in [2.75, 3.05) is 11.9 Å². The minimum atomic E-state index is -0.930. The Morgan fingerprint density at radius 3 is 2.67 bits per heavy atom. The summed E-state index contributed by atoms with van der Waals surface area (Å²) in [5.41, 5.74) is 1.98. The molecule has 0 radical (unpaired) electrons. The summed E-state index contributed by atoms with van der Waals surface area (Å²) in [7, 11) is 0. The van der Waals surface area contributed by atoms with Crippen molar-refractivity contribution in [3.63, 3.8) is 0 Å². The van der Waals surface area contributed by atoms with E-state index in [0.29, 0.717) is 6.54 Å². The van der Waals surface area contributed by atoms with Crippen LogP contribution in [0.2, 0.25) is 0 Å². The van der Waals surface area contributed by atoms with Crippen LogP contribution in [0.15, 0.2) is 18.2 Å². The third-order valence-corrected chi connectivity index (χ3v) is 2.06. The molecule has 1 rings (SSSR count). The molecule has 4 nitrogen and oxygen atoms in total. The van der Waals surface area contributed by atoms with Crippen molar-refractivity contribution >= 4 is 11.7 Å². The third kappa shape index (κ3) is 3.25. The molecule has 0 amide bonds. The van der Waals surface area contributed by atoms with E-state index in [4.69, 9.17) is 10.2 Å². The van der Waals surface area contributed by atoms with Gasteiger partial charge in [0.05, 0.1) is 11.7 Å². The number of carbonyl (C=O) groups is 1. The molecule has 82 valence electrons. The first-order valence-electron chi connectivity index (χ1n) is 4.76. The number of aryl methyl sites for hydroxylation is 1. The highest BCUT2D eigenvalue weighted by molar-refractivity contribution is 5.88. The predicted octanol–water partition coefficient (Wildman–Crippen LogP) is 1.49. The van der Waals surface area contributed by atoms with Gasteiger partial charge in [0.15, 0.2) is 0 Å². The van der Waals surface area contributed by atoms with Gasteiger partial charge in [0.25, 0.3) is 0 Å². The standard InChI is InChI=1S/C11H15NO3/c1-7-5-9(11(14)15)3-4-10(7)12-6-8(2)13/h3-5,8,12-13H,6H2,1-2H3,(H,14,15). The van der Waals surface area contributed by atoms with Crippen LogP contribution in [-0.2, 0) is 0 Å². The van der Waals surface area contributed by atoms with Gasteiger partial charge < -0.3 is 15.5 Å². The van der Waals surface area contributed by atoms with E-state index in [9.17, 15) is 4.79 Å². The van der Waals surface area contributed by atoms with Crippen LogP contribution in [0.5, 0.6) is 0 Å². The summed E-state index contributed by atoms with van der Waals surface area (Å²) in [6, 6.07) is 4.85. The van der Waals surface area contributed by atoms with Crippen LogP contribution in [0.25, 0.3) is 0 Å². The van der Waals surface area contributed by atoms with E-state index in [2.05, 4.69) is 5.32 Å². The Labute approximate surface area is 88.6 Å². The summed E-state index contributed by atoms with van der Waals surface area (Å²) in [6.45, 7) is 3.97. The summed E-state index contributed by atoms with van der Waals surface area (Å²) in [4.78, 5) is 10.7. The van der Waals surface area contributed by atoms with E-state index in [-0.39, 0.29) is 5.56 Å². The number of benzene rings is 1. The number of carboxylic acids is 1. The fourth-order valence-corrected chi connectivity index (χ4v) is 1.25. The van der Waals surface area contributed by atoms with Crippen molar-refractivity contribution in [3.8, 4) is 0 Å². The zero-order chi connectivity index (χ0) is 11.4. The van der Waals surface area contributed by atoms with Crippen LogP contribution in [0, 0.1) is 6.92 Å². The monoisotopic (exact) mass is 209 g/mol. The molecule has 0 saturated carbocycles. The number of carboxylic acid groups (broad SMARTS) is 1. The van der Waals surface area contributed by atoms with Crippen LogP contribution >= 0.6 is 0 Å². The molecule has 1 aromatic rings. The predicted molar refractivity (Wildman–Crippen MR) is 58.3 cm³/mol. The van der Waals surface area contributed by atoms with Crippen LogP contribution < -0.4 is 5.32 Å². The van der Waals surface area contributed by atoms with Crippen molar-refractivity contribution < 1.29 is 15.0 Å². The van der Waals surface area contributed by atoms with Crippen molar-refractivity contribution in [3.05, 3.63) is 29.3 Å². The van der Waals surface area contributed by atoms with Gasteiger partial charge in [-0.05, 0) is 37.6 Å². The Balaban J connectivity index is 2.79. The molecule has 1 atom stereocenters. The molecule has 1 unspecified atom stereocenters. The lowest BCUT2D eigenvalue weighted by atomic mass is 10.1. The van der Waals surface area contributed by atoms with E-state index >= 15 is 0 Å². The van der Waals surface area contributed by atoms with Gasteiger partial charge in [-0.2, -0.15) is 0 Å². The number of aliphatic hydroxyl groups is 1. The van der Waals surface area contributed by atoms with Crippen LogP contribution in [0.3, 0.4) is 0 Å². The SMILES string of the molecule is Cc1cc(C(=O)O)ccc1NCC(C)O. The number of hydrogen-bond acceptors (Lipinski definition) is 3. The second kappa shape index (κ2) is 4.79. The van der Waals surface area contributed by atoms with Gasteiger partial charge in [0.1, 0.15) is 0 Å². The van der Waals surface area contributed by atoms with E-state index < -0.39 is 12.1 Å². The normalized spacial score (nSPS) is 12.2. The number of hydrogen-bond donors (Lipinski definition) is 3. The van der Waals surface area contributed by atoms with Gasteiger partial charge in [0, 0.05) is 12.2 Å². The molecule has 1 aromatic carbocycles. The highest BCUT2D eigenvalue weighted by Crippen LogP contribution is 2.16. The van der Waals surface area contributed by atoms with E-state index in [1.54, 1.807) is 25.1 Å². The molecule has 15 heavy (non-hydrogen) atoms. The molecule has 3 N–H and O–H groups in total.